The zero-order chi connectivity index (χ0) is 15.2. The van der Waals surface area contributed by atoms with Crippen molar-refractivity contribution in [2.75, 3.05) is 0 Å². The maximum Gasteiger partial charge on any atom is 0.451 e. The molecular weight excluding hydrogens is 410 g/mol. The maximum absolute atomic E-state index is 12.4. The molecule has 19 heavy (non-hydrogen) atoms. The lowest BCUT2D eigenvalue weighted by atomic mass is 10.3. The van der Waals surface area contributed by atoms with Gasteiger partial charge in [0, 0.05) is 0 Å². The zero-order valence-corrected chi connectivity index (χ0v) is 10.3. The number of halogens is 10. The Morgan fingerprint density at radius 3 is 1.16 bits per heavy atom. The molecule has 1 aromatic rings. The highest BCUT2D eigenvalue weighted by molar-refractivity contribution is 14.1. The van der Waals surface area contributed by atoms with Crippen LogP contribution in [0.4, 0.5) is 39.5 Å². The van der Waals surface area contributed by atoms with E-state index in [9.17, 15) is 39.5 Å². The molecule has 1 rings (SSSR count). The molecule has 1 heterocycles. The Hall–Kier alpha value is -0.820. The van der Waals surface area contributed by atoms with Crippen LogP contribution in [0.25, 0.3) is 0 Å². The third kappa shape index (κ3) is 3.60. The lowest BCUT2D eigenvalue weighted by molar-refractivity contribution is -0.160. The van der Waals surface area contributed by atoms with Crippen LogP contribution in [0.15, 0.2) is 0 Å². The molecular formula is C7F9IN2. The number of aromatic nitrogens is 2. The first-order chi connectivity index (χ1) is 8.24. The molecule has 0 spiro atoms. The lowest BCUT2D eigenvalue weighted by Crippen LogP contribution is -2.24. The second kappa shape index (κ2) is 4.63. The first-order valence-corrected chi connectivity index (χ1v) is 5.11. The second-order valence-electron chi connectivity index (χ2n) is 3.05. The summed E-state index contributed by atoms with van der Waals surface area (Å²) in [7, 11) is 0. The Labute approximate surface area is 112 Å². The summed E-state index contributed by atoms with van der Waals surface area (Å²) in [4.78, 5) is 4.24. The van der Waals surface area contributed by atoms with Gasteiger partial charge in [-0.25, -0.2) is 9.97 Å². The van der Waals surface area contributed by atoms with Crippen LogP contribution in [-0.2, 0) is 18.5 Å². The fourth-order valence-corrected chi connectivity index (χ4v) is 1.80. The van der Waals surface area contributed by atoms with E-state index in [4.69, 9.17) is 0 Å². The standard InChI is InChI=1S/C7F9IN2/c8-5(9,10)2-1(17)3(6(11,12)13)19-4(18-2)7(14,15)16. The van der Waals surface area contributed by atoms with Crippen LogP contribution >= 0.6 is 22.6 Å². The Bertz CT molecular complexity index is 452. The van der Waals surface area contributed by atoms with Crippen molar-refractivity contribution in [1.29, 1.82) is 0 Å². The molecule has 108 valence electrons. The Balaban J connectivity index is 3.68. The van der Waals surface area contributed by atoms with Crippen molar-refractivity contribution >= 4 is 22.6 Å². The average molecular weight is 410 g/mol. The largest absolute Gasteiger partial charge is 0.451 e. The van der Waals surface area contributed by atoms with Crippen LogP contribution in [0.5, 0.6) is 0 Å². The van der Waals surface area contributed by atoms with Crippen molar-refractivity contribution in [1.82, 2.24) is 9.97 Å². The first-order valence-electron chi connectivity index (χ1n) is 4.03. The van der Waals surface area contributed by atoms with Gasteiger partial charge in [0.2, 0.25) is 5.82 Å². The summed E-state index contributed by atoms with van der Waals surface area (Å²) in [6.07, 6.45) is -16.4. The summed E-state index contributed by atoms with van der Waals surface area (Å²) in [5.74, 6) is -2.49. The Kier molecular flexibility index (Phi) is 3.95. The molecule has 12 heteroatoms. The van der Waals surface area contributed by atoms with Gasteiger partial charge >= 0.3 is 18.5 Å². The summed E-state index contributed by atoms with van der Waals surface area (Å²) in [5.41, 5.74) is -4.55. The summed E-state index contributed by atoms with van der Waals surface area (Å²) in [6, 6.07) is 0. The van der Waals surface area contributed by atoms with Crippen LogP contribution in [0.1, 0.15) is 17.2 Å². The smallest absolute Gasteiger partial charge is 0.219 e. The highest BCUT2D eigenvalue weighted by atomic mass is 127. The lowest BCUT2D eigenvalue weighted by Gasteiger charge is -2.16. The summed E-state index contributed by atoms with van der Waals surface area (Å²) < 4.78 is 109. The summed E-state index contributed by atoms with van der Waals surface area (Å²) in [5, 5.41) is 0. The minimum absolute atomic E-state index is 0.604. The highest BCUT2D eigenvalue weighted by Gasteiger charge is 2.47. The SMILES string of the molecule is FC(F)(F)c1nc(C(F)(F)F)c(I)c(C(F)(F)F)n1. The van der Waals surface area contributed by atoms with Crippen LogP contribution in [0.3, 0.4) is 0 Å². The molecule has 1 aromatic heterocycles. The molecule has 0 fully saturated rings. The minimum Gasteiger partial charge on any atom is -0.219 e. The molecule has 0 aliphatic rings. The van der Waals surface area contributed by atoms with Crippen molar-refractivity contribution in [2.45, 2.75) is 18.5 Å². The predicted octanol–water partition coefficient (Wildman–Crippen LogP) is 4.14. The van der Waals surface area contributed by atoms with Crippen molar-refractivity contribution in [3.63, 3.8) is 0 Å². The quantitative estimate of drug-likeness (QED) is 0.475. The molecule has 2 nitrogen and oxygen atoms in total. The second-order valence-corrected chi connectivity index (χ2v) is 4.13. The van der Waals surface area contributed by atoms with Gasteiger partial charge in [0.05, 0.1) is 3.57 Å². The molecule has 0 amide bonds. The van der Waals surface area contributed by atoms with Crippen molar-refractivity contribution in [3.8, 4) is 0 Å². The monoisotopic (exact) mass is 410 g/mol. The van der Waals surface area contributed by atoms with E-state index in [0.717, 1.165) is 0 Å². The molecule has 0 aliphatic carbocycles. The van der Waals surface area contributed by atoms with Gasteiger partial charge < -0.3 is 0 Å². The van der Waals surface area contributed by atoms with Crippen molar-refractivity contribution in [3.05, 3.63) is 20.8 Å². The van der Waals surface area contributed by atoms with E-state index in [1.54, 1.807) is 0 Å². The van der Waals surface area contributed by atoms with E-state index in [1.165, 1.54) is 0 Å². The number of hydrogen-bond donors (Lipinski definition) is 0. The normalized spacial score (nSPS) is 13.8. The molecule has 0 unspecified atom stereocenters. The van der Waals surface area contributed by atoms with Gasteiger partial charge in [0.25, 0.3) is 0 Å². The minimum atomic E-state index is -5.52. The first kappa shape index (κ1) is 16.2. The Morgan fingerprint density at radius 2 is 0.947 bits per heavy atom. The number of hydrogen-bond acceptors (Lipinski definition) is 2. The van der Waals surface area contributed by atoms with Gasteiger partial charge in [-0.1, -0.05) is 0 Å². The van der Waals surface area contributed by atoms with Gasteiger partial charge in [0.15, 0.2) is 11.4 Å². The molecule has 0 saturated carbocycles. The van der Waals surface area contributed by atoms with Crippen LogP contribution in [0.2, 0.25) is 0 Å². The predicted molar refractivity (Wildman–Crippen MR) is 49.8 cm³/mol. The number of rotatable bonds is 0. The van der Waals surface area contributed by atoms with Gasteiger partial charge in [-0.2, -0.15) is 39.5 Å². The van der Waals surface area contributed by atoms with Gasteiger partial charge in [-0.3, -0.25) is 0 Å². The van der Waals surface area contributed by atoms with Crippen LogP contribution in [0, 0.1) is 3.57 Å². The number of nitrogens with zero attached hydrogens (tertiary/aromatic N) is 2. The summed E-state index contributed by atoms with van der Waals surface area (Å²) in [6.45, 7) is 0. The summed E-state index contributed by atoms with van der Waals surface area (Å²) >= 11 is 0.604. The maximum atomic E-state index is 12.4. The van der Waals surface area contributed by atoms with Gasteiger partial charge in [-0.15, -0.1) is 0 Å². The van der Waals surface area contributed by atoms with Crippen LogP contribution in [-0.4, -0.2) is 9.97 Å². The average Bonchev–Trinajstić information content (AvgIpc) is 2.11. The van der Waals surface area contributed by atoms with E-state index in [1.807, 2.05) is 0 Å². The van der Waals surface area contributed by atoms with Gasteiger partial charge in [0.1, 0.15) is 0 Å². The van der Waals surface area contributed by atoms with Crippen molar-refractivity contribution in [2.24, 2.45) is 0 Å². The Morgan fingerprint density at radius 1 is 0.632 bits per heavy atom. The van der Waals surface area contributed by atoms with E-state index in [-0.39, 0.29) is 0 Å². The van der Waals surface area contributed by atoms with E-state index in [0.29, 0.717) is 22.6 Å². The van der Waals surface area contributed by atoms with E-state index in [2.05, 4.69) is 9.97 Å². The fraction of sp³-hybridized carbons (Fsp3) is 0.429. The van der Waals surface area contributed by atoms with Crippen molar-refractivity contribution < 1.29 is 39.5 Å². The third-order valence-electron chi connectivity index (χ3n) is 1.64. The molecule has 0 aromatic carbocycles. The van der Waals surface area contributed by atoms with E-state index >= 15 is 0 Å². The fourth-order valence-electron chi connectivity index (χ4n) is 0.950. The highest BCUT2D eigenvalue weighted by Crippen LogP contribution is 2.40. The molecule has 0 aliphatic heterocycles. The zero-order valence-electron chi connectivity index (χ0n) is 8.17. The van der Waals surface area contributed by atoms with Gasteiger partial charge in [-0.05, 0) is 22.6 Å². The third-order valence-corrected chi connectivity index (χ3v) is 2.66. The molecule has 0 saturated heterocycles. The number of alkyl halides is 9. The molecule has 0 bridgehead atoms. The van der Waals surface area contributed by atoms with E-state index < -0.39 is 39.3 Å². The molecule has 0 N–H and O–H groups in total. The topological polar surface area (TPSA) is 25.8 Å². The molecule has 0 radical (unpaired) electrons. The molecule has 0 atom stereocenters. The van der Waals surface area contributed by atoms with Crippen LogP contribution < -0.4 is 0 Å².